The van der Waals surface area contributed by atoms with E-state index in [2.05, 4.69) is 33.0 Å². The first-order chi connectivity index (χ1) is 15.6. The Labute approximate surface area is 195 Å². The lowest BCUT2D eigenvalue weighted by atomic mass is 9.50. The van der Waals surface area contributed by atoms with Crippen molar-refractivity contribution < 1.29 is 4.21 Å². The summed E-state index contributed by atoms with van der Waals surface area (Å²) in [7, 11) is -0.613. The van der Waals surface area contributed by atoms with Gasteiger partial charge in [0.05, 0.1) is 29.6 Å². The van der Waals surface area contributed by atoms with Crippen LogP contribution in [0.4, 0.5) is 0 Å². The lowest BCUT2D eigenvalue weighted by molar-refractivity contribution is -0.0977. The summed E-state index contributed by atoms with van der Waals surface area (Å²) in [5, 5.41) is 11.3. The molecule has 1 aromatic carbocycles. The smallest absolute Gasteiger partial charge is 0.103 e. The molecule has 2 aliphatic heterocycles. The van der Waals surface area contributed by atoms with Gasteiger partial charge in [-0.05, 0) is 81.1 Å². The zero-order valence-corrected chi connectivity index (χ0v) is 19.7. The van der Waals surface area contributed by atoms with E-state index in [1.807, 2.05) is 17.1 Å². The third-order valence-corrected chi connectivity index (χ3v) is 10.3. The van der Waals surface area contributed by atoms with Crippen LogP contribution in [0.25, 0.3) is 16.6 Å². The fourth-order valence-electron chi connectivity index (χ4n) is 6.49. The van der Waals surface area contributed by atoms with Crippen molar-refractivity contribution in [3.8, 4) is 5.69 Å². The van der Waals surface area contributed by atoms with Gasteiger partial charge in [-0.2, -0.15) is 10.2 Å². The minimum Gasteiger partial charge on any atom is -0.299 e. The number of hydrogen-bond acceptors (Lipinski definition) is 4. The highest BCUT2D eigenvalue weighted by Gasteiger charge is 2.58. The molecule has 4 heterocycles. The second-order valence-corrected chi connectivity index (χ2v) is 12.4. The molecule has 5 aliphatic rings. The van der Waals surface area contributed by atoms with Gasteiger partial charge in [0.2, 0.25) is 0 Å². The number of halogens is 1. The molecule has 2 unspecified atom stereocenters. The molecular weight excluding hydrogens is 442 g/mol. The molecule has 2 atom stereocenters. The molecule has 0 amide bonds. The first-order valence-corrected chi connectivity index (χ1v) is 13.8. The van der Waals surface area contributed by atoms with E-state index >= 15 is 0 Å². The van der Waals surface area contributed by atoms with Crippen molar-refractivity contribution in [2.45, 2.75) is 56.0 Å². The second kappa shape index (κ2) is 7.15. The van der Waals surface area contributed by atoms with Crippen molar-refractivity contribution in [1.82, 2.24) is 24.5 Å². The summed E-state index contributed by atoms with van der Waals surface area (Å²) in [5.74, 6) is 3.11. The molecule has 0 N–H and O–H groups in total. The molecule has 3 aliphatic carbocycles. The van der Waals surface area contributed by atoms with Crippen LogP contribution in [0.15, 0.2) is 30.7 Å². The quantitative estimate of drug-likeness (QED) is 0.577. The second-order valence-electron chi connectivity index (χ2n) is 10.4. The molecule has 2 bridgehead atoms. The zero-order valence-electron chi connectivity index (χ0n) is 18.1. The molecule has 5 fully saturated rings. The van der Waals surface area contributed by atoms with E-state index in [0.29, 0.717) is 17.5 Å². The average molecular weight is 470 g/mol. The Kier molecular flexibility index (Phi) is 4.41. The SMILES string of the molecule is O=S1CCC(N2CCC(c3cc4c(cnn4-c4cnn(C56CC(C5)C6)c4)cc3Cl)CC2)C1. The number of nitrogens with zero attached hydrogens (tertiary/aromatic N) is 5. The Hall–Kier alpha value is -1.70. The molecule has 0 spiro atoms. The maximum atomic E-state index is 11.8. The van der Waals surface area contributed by atoms with Crippen molar-refractivity contribution in [3.05, 3.63) is 41.3 Å². The van der Waals surface area contributed by atoms with Crippen molar-refractivity contribution in [2.75, 3.05) is 24.6 Å². The normalized spacial score (nSPS) is 32.8. The standard InChI is InChI=1S/C24H28ClN5OS/c25-22-7-18-12-27-30(20-13-26-29(14-20)24-9-16(10-24)11-24)23(18)8-21(22)17-1-4-28(5-2-17)19-3-6-32(31)15-19/h7-8,12-14,16-17,19H,1-6,9-11,15H2. The van der Waals surface area contributed by atoms with Gasteiger partial charge < -0.3 is 0 Å². The molecule has 2 aromatic heterocycles. The van der Waals surface area contributed by atoms with Crippen molar-refractivity contribution in [1.29, 1.82) is 0 Å². The lowest BCUT2D eigenvalue weighted by Gasteiger charge is -2.61. The fraction of sp³-hybridized carbons (Fsp3) is 0.583. The number of likely N-dealkylation sites (tertiary alicyclic amines) is 1. The van der Waals surface area contributed by atoms with Gasteiger partial charge >= 0.3 is 0 Å². The molecular formula is C24H28ClN5OS. The van der Waals surface area contributed by atoms with Crippen LogP contribution in [-0.2, 0) is 16.3 Å². The van der Waals surface area contributed by atoms with E-state index < -0.39 is 10.8 Å². The fourth-order valence-corrected chi connectivity index (χ4v) is 8.32. The predicted molar refractivity (Wildman–Crippen MR) is 127 cm³/mol. The van der Waals surface area contributed by atoms with Crippen LogP contribution >= 0.6 is 11.6 Å². The van der Waals surface area contributed by atoms with E-state index in [1.165, 1.54) is 24.8 Å². The molecule has 2 saturated heterocycles. The summed E-state index contributed by atoms with van der Waals surface area (Å²) in [4.78, 5) is 2.55. The van der Waals surface area contributed by atoms with Gasteiger partial charge in [-0.3, -0.25) is 13.8 Å². The number of piperidine rings is 1. The molecule has 8 rings (SSSR count). The van der Waals surface area contributed by atoms with Crippen LogP contribution in [0, 0.1) is 5.92 Å². The molecule has 3 aromatic rings. The molecule has 32 heavy (non-hydrogen) atoms. The third kappa shape index (κ3) is 2.97. The Bertz CT molecular complexity index is 1210. The highest BCUT2D eigenvalue weighted by molar-refractivity contribution is 7.85. The van der Waals surface area contributed by atoms with Crippen LogP contribution in [-0.4, -0.2) is 59.3 Å². The van der Waals surface area contributed by atoms with E-state index in [0.717, 1.165) is 71.4 Å². The van der Waals surface area contributed by atoms with E-state index in [9.17, 15) is 4.21 Å². The van der Waals surface area contributed by atoms with Crippen LogP contribution < -0.4 is 0 Å². The summed E-state index contributed by atoms with van der Waals surface area (Å²) in [6.45, 7) is 2.13. The van der Waals surface area contributed by atoms with Crippen LogP contribution in [0.1, 0.15) is 50.0 Å². The molecule has 8 heteroatoms. The summed E-state index contributed by atoms with van der Waals surface area (Å²) in [6.07, 6.45) is 13.2. The topological polar surface area (TPSA) is 56.0 Å². The van der Waals surface area contributed by atoms with Gasteiger partial charge in [0.25, 0.3) is 0 Å². The van der Waals surface area contributed by atoms with Crippen molar-refractivity contribution >= 4 is 33.3 Å². The van der Waals surface area contributed by atoms with Crippen LogP contribution in [0.5, 0.6) is 0 Å². The zero-order chi connectivity index (χ0) is 21.4. The van der Waals surface area contributed by atoms with Gasteiger partial charge in [0.1, 0.15) is 5.69 Å². The Balaban J connectivity index is 1.15. The molecule has 3 saturated carbocycles. The maximum Gasteiger partial charge on any atom is 0.103 e. The minimum atomic E-state index is -0.613. The minimum absolute atomic E-state index is 0.292. The van der Waals surface area contributed by atoms with E-state index in [4.69, 9.17) is 16.7 Å². The highest BCUT2D eigenvalue weighted by Crippen LogP contribution is 2.62. The average Bonchev–Trinajstić information content (AvgIpc) is 3.45. The van der Waals surface area contributed by atoms with Crippen LogP contribution in [0.2, 0.25) is 5.02 Å². The summed E-state index contributed by atoms with van der Waals surface area (Å²) < 4.78 is 16.0. The molecule has 6 nitrogen and oxygen atoms in total. The molecule has 168 valence electrons. The van der Waals surface area contributed by atoms with Crippen molar-refractivity contribution in [3.63, 3.8) is 0 Å². The maximum absolute atomic E-state index is 11.8. The Morgan fingerprint density at radius 3 is 2.56 bits per heavy atom. The summed E-state index contributed by atoms with van der Waals surface area (Å²) in [5.41, 5.74) is 3.67. The van der Waals surface area contributed by atoms with Gasteiger partial charge in [-0.25, -0.2) is 4.68 Å². The van der Waals surface area contributed by atoms with Gasteiger partial charge in [-0.1, -0.05) is 11.6 Å². The van der Waals surface area contributed by atoms with Crippen LogP contribution in [0.3, 0.4) is 0 Å². The Morgan fingerprint density at radius 1 is 1.06 bits per heavy atom. The van der Waals surface area contributed by atoms with E-state index in [1.54, 1.807) is 0 Å². The number of rotatable bonds is 4. The first-order valence-electron chi connectivity index (χ1n) is 11.9. The monoisotopic (exact) mass is 469 g/mol. The highest BCUT2D eigenvalue weighted by atomic mass is 35.5. The molecule has 0 radical (unpaired) electrons. The third-order valence-electron chi connectivity index (χ3n) is 8.53. The van der Waals surface area contributed by atoms with Gasteiger partial charge in [-0.15, -0.1) is 0 Å². The summed E-state index contributed by atoms with van der Waals surface area (Å²) in [6, 6.07) is 4.84. The Morgan fingerprint density at radius 2 is 1.88 bits per heavy atom. The van der Waals surface area contributed by atoms with Gasteiger partial charge in [0.15, 0.2) is 0 Å². The number of hydrogen-bond donors (Lipinski definition) is 0. The van der Waals surface area contributed by atoms with Gasteiger partial charge in [0, 0.05) is 38.8 Å². The number of fused-ring (bicyclic) bond motifs is 1. The predicted octanol–water partition coefficient (Wildman–Crippen LogP) is 4.08. The number of aromatic nitrogens is 4. The summed E-state index contributed by atoms with van der Waals surface area (Å²) >= 11 is 6.76. The lowest BCUT2D eigenvalue weighted by Crippen LogP contribution is -2.59. The van der Waals surface area contributed by atoms with E-state index in [-0.39, 0.29) is 0 Å². The first kappa shape index (κ1) is 19.7. The van der Waals surface area contributed by atoms with Crippen molar-refractivity contribution in [2.24, 2.45) is 5.92 Å². The largest absolute Gasteiger partial charge is 0.299 e. The number of benzene rings is 1.